The van der Waals surface area contributed by atoms with Gasteiger partial charge in [-0.05, 0) is 17.2 Å². The van der Waals surface area contributed by atoms with E-state index in [0.29, 0.717) is 0 Å². The standard InChI is InChI=1S/C14H21N3O/c15-13(10-17-6-4-16-5-7-17)11-1-2-14-12(9-11)3-8-18-14/h1-2,9,13,16H,3-8,10,15H2. The fraction of sp³-hybridized carbons (Fsp3) is 0.571. The first-order valence-corrected chi connectivity index (χ1v) is 6.77. The Hall–Kier alpha value is -1.10. The third-order valence-corrected chi connectivity index (χ3v) is 3.81. The lowest BCUT2D eigenvalue weighted by Crippen LogP contribution is -2.45. The molecule has 2 heterocycles. The molecule has 0 radical (unpaired) electrons. The molecule has 0 amide bonds. The first kappa shape index (κ1) is 12.0. The molecule has 0 spiro atoms. The summed E-state index contributed by atoms with van der Waals surface area (Å²) in [4.78, 5) is 2.44. The van der Waals surface area contributed by atoms with Crippen LogP contribution >= 0.6 is 0 Å². The molecule has 3 N–H and O–H groups in total. The second-order valence-corrected chi connectivity index (χ2v) is 5.12. The van der Waals surface area contributed by atoms with Crippen LogP contribution in [0.4, 0.5) is 0 Å². The Kier molecular flexibility index (Phi) is 3.50. The summed E-state index contributed by atoms with van der Waals surface area (Å²) in [6, 6.07) is 6.50. The number of hydrogen-bond donors (Lipinski definition) is 2. The lowest BCUT2D eigenvalue weighted by atomic mass is 10.0. The molecule has 4 heteroatoms. The summed E-state index contributed by atoms with van der Waals surface area (Å²) < 4.78 is 5.52. The zero-order valence-corrected chi connectivity index (χ0v) is 10.7. The van der Waals surface area contributed by atoms with Gasteiger partial charge in [0.1, 0.15) is 5.75 Å². The third-order valence-electron chi connectivity index (χ3n) is 3.81. The van der Waals surface area contributed by atoms with Crippen molar-refractivity contribution in [2.24, 2.45) is 5.73 Å². The Morgan fingerprint density at radius 3 is 3.00 bits per heavy atom. The number of fused-ring (bicyclic) bond motifs is 1. The van der Waals surface area contributed by atoms with E-state index >= 15 is 0 Å². The van der Waals surface area contributed by atoms with E-state index in [1.807, 2.05) is 0 Å². The predicted molar refractivity (Wildman–Crippen MR) is 71.9 cm³/mol. The molecule has 1 aromatic rings. The minimum Gasteiger partial charge on any atom is -0.493 e. The van der Waals surface area contributed by atoms with Crippen LogP contribution in [0.5, 0.6) is 5.75 Å². The predicted octanol–water partition coefficient (Wildman–Crippen LogP) is 0.526. The minimum atomic E-state index is 0.106. The summed E-state index contributed by atoms with van der Waals surface area (Å²) in [5.41, 5.74) is 8.86. The second kappa shape index (κ2) is 5.26. The van der Waals surface area contributed by atoms with Crippen LogP contribution in [-0.2, 0) is 6.42 Å². The molecule has 4 nitrogen and oxygen atoms in total. The van der Waals surface area contributed by atoms with Crippen molar-refractivity contribution in [2.45, 2.75) is 12.5 Å². The maximum Gasteiger partial charge on any atom is 0.122 e. The van der Waals surface area contributed by atoms with Gasteiger partial charge in [-0.2, -0.15) is 0 Å². The van der Waals surface area contributed by atoms with Crippen molar-refractivity contribution in [3.63, 3.8) is 0 Å². The monoisotopic (exact) mass is 247 g/mol. The van der Waals surface area contributed by atoms with E-state index in [9.17, 15) is 0 Å². The van der Waals surface area contributed by atoms with Crippen LogP contribution in [0.2, 0.25) is 0 Å². The molecule has 0 aliphatic carbocycles. The maximum absolute atomic E-state index is 6.32. The topological polar surface area (TPSA) is 50.5 Å². The van der Waals surface area contributed by atoms with E-state index in [-0.39, 0.29) is 6.04 Å². The average molecular weight is 247 g/mol. The van der Waals surface area contributed by atoms with Crippen LogP contribution in [0, 0.1) is 0 Å². The molecule has 18 heavy (non-hydrogen) atoms. The molecular formula is C14H21N3O. The van der Waals surface area contributed by atoms with Gasteiger partial charge in [-0.3, -0.25) is 4.90 Å². The van der Waals surface area contributed by atoms with Crippen molar-refractivity contribution < 1.29 is 4.74 Å². The zero-order chi connectivity index (χ0) is 12.4. The molecule has 0 saturated carbocycles. The van der Waals surface area contributed by atoms with Crippen LogP contribution in [0.25, 0.3) is 0 Å². The lowest BCUT2D eigenvalue weighted by Gasteiger charge is -2.29. The summed E-state index contributed by atoms with van der Waals surface area (Å²) in [6.45, 7) is 6.10. The van der Waals surface area contributed by atoms with Gasteiger partial charge in [-0.1, -0.05) is 12.1 Å². The van der Waals surface area contributed by atoms with Crippen molar-refractivity contribution in [3.8, 4) is 5.75 Å². The highest BCUT2D eigenvalue weighted by molar-refractivity contribution is 5.40. The molecule has 3 rings (SSSR count). The summed E-state index contributed by atoms with van der Waals surface area (Å²) in [5, 5.41) is 3.36. The van der Waals surface area contributed by atoms with Gasteiger partial charge in [0.25, 0.3) is 0 Å². The highest BCUT2D eigenvalue weighted by atomic mass is 16.5. The first-order valence-electron chi connectivity index (χ1n) is 6.77. The Morgan fingerprint density at radius 2 is 2.17 bits per heavy atom. The smallest absolute Gasteiger partial charge is 0.122 e. The molecule has 2 aliphatic rings. The average Bonchev–Trinajstić information content (AvgIpc) is 2.87. The van der Waals surface area contributed by atoms with Gasteiger partial charge in [0, 0.05) is 45.2 Å². The summed E-state index contributed by atoms with van der Waals surface area (Å²) in [5.74, 6) is 1.04. The third kappa shape index (κ3) is 2.51. The van der Waals surface area contributed by atoms with E-state index < -0.39 is 0 Å². The second-order valence-electron chi connectivity index (χ2n) is 5.12. The van der Waals surface area contributed by atoms with Crippen LogP contribution < -0.4 is 15.8 Å². The van der Waals surface area contributed by atoms with Crippen molar-refractivity contribution in [1.29, 1.82) is 0 Å². The van der Waals surface area contributed by atoms with Gasteiger partial charge in [-0.15, -0.1) is 0 Å². The molecule has 1 unspecified atom stereocenters. The summed E-state index contributed by atoms with van der Waals surface area (Å²) in [6.07, 6.45) is 1.02. The largest absolute Gasteiger partial charge is 0.493 e. The SMILES string of the molecule is NC(CN1CCNCC1)c1ccc2c(c1)CCO2. The molecule has 0 aromatic heterocycles. The van der Waals surface area contributed by atoms with Crippen LogP contribution in [0.1, 0.15) is 17.2 Å². The molecular weight excluding hydrogens is 226 g/mol. The number of rotatable bonds is 3. The minimum absolute atomic E-state index is 0.106. The molecule has 1 fully saturated rings. The highest BCUT2D eigenvalue weighted by Crippen LogP contribution is 2.27. The molecule has 1 saturated heterocycles. The van der Waals surface area contributed by atoms with E-state index in [1.165, 1.54) is 11.1 Å². The Labute approximate surface area is 108 Å². The van der Waals surface area contributed by atoms with Crippen LogP contribution in [0.15, 0.2) is 18.2 Å². The molecule has 1 aromatic carbocycles. The number of piperazine rings is 1. The van der Waals surface area contributed by atoms with E-state index in [1.54, 1.807) is 0 Å². The lowest BCUT2D eigenvalue weighted by molar-refractivity contribution is 0.228. The van der Waals surface area contributed by atoms with Crippen molar-refractivity contribution in [1.82, 2.24) is 10.2 Å². The molecule has 98 valence electrons. The van der Waals surface area contributed by atoms with Gasteiger partial charge < -0.3 is 15.8 Å². The van der Waals surface area contributed by atoms with E-state index in [0.717, 1.165) is 51.5 Å². The van der Waals surface area contributed by atoms with E-state index in [4.69, 9.17) is 10.5 Å². The fourth-order valence-electron chi connectivity index (χ4n) is 2.71. The molecule has 1 atom stereocenters. The van der Waals surface area contributed by atoms with Crippen molar-refractivity contribution in [3.05, 3.63) is 29.3 Å². The van der Waals surface area contributed by atoms with Gasteiger partial charge in [0.15, 0.2) is 0 Å². The number of benzene rings is 1. The van der Waals surface area contributed by atoms with Gasteiger partial charge in [0.2, 0.25) is 0 Å². The van der Waals surface area contributed by atoms with E-state index in [2.05, 4.69) is 28.4 Å². The fourth-order valence-corrected chi connectivity index (χ4v) is 2.71. The number of nitrogens with one attached hydrogen (secondary N) is 1. The van der Waals surface area contributed by atoms with Crippen LogP contribution in [-0.4, -0.2) is 44.2 Å². The Morgan fingerprint density at radius 1 is 1.33 bits per heavy atom. The first-order chi connectivity index (χ1) is 8.83. The number of nitrogens with two attached hydrogens (primary N) is 1. The summed E-state index contributed by atoms with van der Waals surface area (Å²) >= 11 is 0. The maximum atomic E-state index is 6.32. The number of hydrogen-bond acceptors (Lipinski definition) is 4. The molecule has 2 aliphatic heterocycles. The zero-order valence-electron chi connectivity index (χ0n) is 10.7. The quantitative estimate of drug-likeness (QED) is 0.818. The van der Waals surface area contributed by atoms with Crippen molar-refractivity contribution in [2.75, 3.05) is 39.3 Å². The summed E-state index contributed by atoms with van der Waals surface area (Å²) in [7, 11) is 0. The Balaban J connectivity index is 1.66. The van der Waals surface area contributed by atoms with Crippen molar-refractivity contribution >= 4 is 0 Å². The van der Waals surface area contributed by atoms with Crippen LogP contribution in [0.3, 0.4) is 0 Å². The van der Waals surface area contributed by atoms with Gasteiger partial charge >= 0.3 is 0 Å². The normalized spacial score (nSPS) is 21.4. The highest BCUT2D eigenvalue weighted by Gasteiger charge is 2.17. The van der Waals surface area contributed by atoms with Gasteiger partial charge in [-0.25, -0.2) is 0 Å². The molecule has 0 bridgehead atoms. The Bertz CT molecular complexity index is 416. The van der Waals surface area contributed by atoms with Gasteiger partial charge in [0.05, 0.1) is 6.61 Å². The number of nitrogens with zero attached hydrogens (tertiary/aromatic N) is 1. The number of ether oxygens (including phenoxy) is 1.